The first-order valence-corrected chi connectivity index (χ1v) is 7.86. The highest BCUT2D eigenvalue weighted by Crippen LogP contribution is 2.17. The molecular formula is C17H28IN3O. The topological polar surface area (TPSA) is 45.7 Å². The van der Waals surface area contributed by atoms with Crippen molar-refractivity contribution in [1.82, 2.24) is 10.6 Å². The van der Waals surface area contributed by atoms with Crippen molar-refractivity contribution < 1.29 is 4.74 Å². The Kier molecular flexibility index (Phi) is 9.47. The monoisotopic (exact) mass is 417 g/mol. The lowest BCUT2D eigenvalue weighted by Gasteiger charge is -2.25. The van der Waals surface area contributed by atoms with Gasteiger partial charge in [-0.25, -0.2) is 0 Å². The van der Waals surface area contributed by atoms with E-state index >= 15 is 0 Å². The lowest BCUT2D eigenvalue weighted by Crippen LogP contribution is -2.43. The molecule has 0 aromatic heterocycles. The number of nitrogens with one attached hydrogen (secondary N) is 2. The van der Waals surface area contributed by atoms with Crippen LogP contribution in [0, 0.1) is 0 Å². The van der Waals surface area contributed by atoms with Crippen molar-refractivity contribution in [2.24, 2.45) is 4.99 Å². The highest BCUT2D eigenvalue weighted by molar-refractivity contribution is 14.0. The fourth-order valence-electron chi connectivity index (χ4n) is 2.84. The average molecular weight is 417 g/mol. The van der Waals surface area contributed by atoms with Crippen molar-refractivity contribution in [2.75, 3.05) is 14.2 Å². The summed E-state index contributed by atoms with van der Waals surface area (Å²) in [5, 5.41) is 6.95. The fraction of sp³-hybridized carbons (Fsp3) is 0.588. The normalized spacial score (nSPS) is 16.0. The van der Waals surface area contributed by atoms with Crippen LogP contribution in [-0.4, -0.2) is 26.2 Å². The van der Waals surface area contributed by atoms with Gasteiger partial charge in [0.1, 0.15) is 0 Å². The van der Waals surface area contributed by atoms with E-state index < -0.39 is 0 Å². The Labute approximate surface area is 151 Å². The van der Waals surface area contributed by atoms with Crippen LogP contribution in [0.25, 0.3) is 0 Å². The fourth-order valence-corrected chi connectivity index (χ4v) is 2.84. The molecule has 0 spiro atoms. The van der Waals surface area contributed by atoms with Gasteiger partial charge in [0.2, 0.25) is 0 Å². The van der Waals surface area contributed by atoms with Crippen molar-refractivity contribution in [2.45, 2.75) is 51.3 Å². The smallest absolute Gasteiger partial charge is 0.191 e. The molecule has 0 radical (unpaired) electrons. The molecule has 1 fully saturated rings. The molecular weight excluding hydrogens is 389 g/mol. The molecule has 0 unspecified atom stereocenters. The van der Waals surface area contributed by atoms with Crippen LogP contribution in [0.4, 0.5) is 0 Å². The molecule has 4 nitrogen and oxygen atoms in total. The standard InChI is InChI=1S/C17H27N3O.HI/c1-18-17(20-16-10-4-3-5-11-16)19-12-14-8-6-7-9-15(14)13-21-2;/h6-9,16H,3-5,10-13H2,1-2H3,(H2,18,19,20);1H. The molecule has 22 heavy (non-hydrogen) atoms. The lowest BCUT2D eigenvalue weighted by molar-refractivity contribution is 0.184. The molecule has 1 aliphatic rings. The van der Waals surface area contributed by atoms with Gasteiger partial charge in [-0.15, -0.1) is 24.0 Å². The lowest BCUT2D eigenvalue weighted by atomic mass is 9.96. The summed E-state index contributed by atoms with van der Waals surface area (Å²) in [5.41, 5.74) is 2.48. The third-order valence-electron chi connectivity index (χ3n) is 4.03. The summed E-state index contributed by atoms with van der Waals surface area (Å²) in [7, 11) is 3.56. The van der Waals surface area contributed by atoms with Crippen LogP contribution in [0.2, 0.25) is 0 Å². The number of nitrogens with zero attached hydrogens (tertiary/aromatic N) is 1. The van der Waals surface area contributed by atoms with Gasteiger partial charge < -0.3 is 15.4 Å². The van der Waals surface area contributed by atoms with Crippen LogP contribution < -0.4 is 10.6 Å². The third kappa shape index (κ3) is 6.12. The van der Waals surface area contributed by atoms with Crippen LogP contribution in [0.15, 0.2) is 29.3 Å². The minimum Gasteiger partial charge on any atom is -0.380 e. The zero-order valence-electron chi connectivity index (χ0n) is 13.6. The van der Waals surface area contributed by atoms with Gasteiger partial charge in [0.25, 0.3) is 0 Å². The summed E-state index contributed by atoms with van der Waals surface area (Å²) in [6, 6.07) is 8.92. The first-order chi connectivity index (χ1) is 10.3. The molecule has 0 saturated heterocycles. The van der Waals surface area contributed by atoms with Crippen molar-refractivity contribution in [3.05, 3.63) is 35.4 Å². The van der Waals surface area contributed by atoms with Gasteiger partial charge in [0.15, 0.2) is 5.96 Å². The Hall–Kier alpha value is -0.820. The van der Waals surface area contributed by atoms with E-state index in [2.05, 4.69) is 33.8 Å². The van der Waals surface area contributed by atoms with Crippen LogP contribution in [-0.2, 0) is 17.9 Å². The molecule has 5 heteroatoms. The quantitative estimate of drug-likeness (QED) is 0.438. The number of rotatable bonds is 5. The molecule has 0 heterocycles. The largest absolute Gasteiger partial charge is 0.380 e. The molecule has 1 aromatic rings. The number of benzene rings is 1. The van der Waals surface area contributed by atoms with Crippen molar-refractivity contribution >= 4 is 29.9 Å². The van der Waals surface area contributed by atoms with Crippen LogP contribution in [0.3, 0.4) is 0 Å². The first-order valence-electron chi connectivity index (χ1n) is 7.86. The van der Waals surface area contributed by atoms with E-state index in [4.69, 9.17) is 4.74 Å². The molecule has 124 valence electrons. The predicted octanol–water partition coefficient (Wildman–Crippen LogP) is 3.45. The van der Waals surface area contributed by atoms with E-state index in [9.17, 15) is 0 Å². The second-order valence-corrected chi connectivity index (χ2v) is 5.61. The molecule has 2 rings (SSSR count). The number of hydrogen-bond acceptors (Lipinski definition) is 2. The molecule has 1 aliphatic carbocycles. The number of ether oxygens (including phenoxy) is 1. The maximum atomic E-state index is 5.25. The zero-order chi connectivity index (χ0) is 14.9. The molecule has 1 saturated carbocycles. The summed E-state index contributed by atoms with van der Waals surface area (Å²) in [4.78, 5) is 4.34. The number of guanidine groups is 1. The van der Waals surface area contributed by atoms with Gasteiger partial charge in [-0.2, -0.15) is 0 Å². The minimum absolute atomic E-state index is 0. The van der Waals surface area contributed by atoms with E-state index in [1.165, 1.54) is 43.2 Å². The SMILES string of the molecule is CN=C(NCc1ccccc1COC)NC1CCCCC1.I. The Morgan fingerprint density at radius 2 is 1.86 bits per heavy atom. The maximum absolute atomic E-state index is 5.25. The molecule has 2 N–H and O–H groups in total. The Bertz CT molecular complexity index is 459. The summed E-state index contributed by atoms with van der Waals surface area (Å²) in [6.07, 6.45) is 6.52. The van der Waals surface area contributed by atoms with Gasteiger partial charge in [-0.3, -0.25) is 4.99 Å². The summed E-state index contributed by atoms with van der Waals surface area (Å²) in [6.45, 7) is 1.42. The van der Waals surface area contributed by atoms with Gasteiger partial charge in [-0.1, -0.05) is 43.5 Å². The Morgan fingerprint density at radius 1 is 1.18 bits per heavy atom. The molecule has 0 aliphatic heterocycles. The molecule has 1 aromatic carbocycles. The molecule has 0 bridgehead atoms. The second kappa shape index (κ2) is 10.8. The van der Waals surface area contributed by atoms with Crippen molar-refractivity contribution in [1.29, 1.82) is 0 Å². The molecule has 0 atom stereocenters. The first kappa shape index (κ1) is 19.2. The number of methoxy groups -OCH3 is 1. The van der Waals surface area contributed by atoms with E-state index in [-0.39, 0.29) is 24.0 Å². The number of halogens is 1. The van der Waals surface area contributed by atoms with Crippen molar-refractivity contribution in [3.63, 3.8) is 0 Å². The van der Waals surface area contributed by atoms with Crippen molar-refractivity contribution in [3.8, 4) is 0 Å². The van der Waals surface area contributed by atoms with Gasteiger partial charge in [0, 0.05) is 26.7 Å². The highest BCUT2D eigenvalue weighted by atomic mass is 127. The van der Waals surface area contributed by atoms with E-state index in [0.717, 1.165) is 12.5 Å². The Balaban J connectivity index is 0.00000242. The second-order valence-electron chi connectivity index (χ2n) is 5.61. The van der Waals surface area contributed by atoms with Crippen LogP contribution >= 0.6 is 24.0 Å². The number of hydrogen-bond donors (Lipinski definition) is 2. The summed E-state index contributed by atoms with van der Waals surface area (Å²) >= 11 is 0. The van der Waals surface area contributed by atoms with Crippen LogP contribution in [0.5, 0.6) is 0 Å². The third-order valence-corrected chi connectivity index (χ3v) is 4.03. The van der Waals surface area contributed by atoms with E-state index in [1.807, 2.05) is 13.1 Å². The predicted molar refractivity (Wildman–Crippen MR) is 103 cm³/mol. The Morgan fingerprint density at radius 3 is 2.50 bits per heavy atom. The maximum Gasteiger partial charge on any atom is 0.191 e. The van der Waals surface area contributed by atoms with E-state index in [0.29, 0.717) is 12.6 Å². The van der Waals surface area contributed by atoms with Gasteiger partial charge >= 0.3 is 0 Å². The van der Waals surface area contributed by atoms with Gasteiger partial charge in [0.05, 0.1) is 6.61 Å². The molecule has 0 amide bonds. The average Bonchev–Trinajstić information content (AvgIpc) is 2.54. The number of aliphatic imine (C=N–C) groups is 1. The zero-order valence-corrected chi connectivity index (χ0v) is 15.9. The minimum atomic E-state index is 0. The van der Waals surface area contributed by atoms with Crippen LogP contribution in [0.1, 0.15) is 43.2 Å². The highest BCUT2D eigenvalue weighted by Gasteiger charge is 2.14. The summed E-state index contributed by atoms with van der Waals surface area (Å²) in [5.74, 6) is 0.897. The van der Waals surface area contributed by atoms with E-state index in [1.54, 1.807) is 7.11 Å². The summed E-state index contributed by atoms with van der Waals surface area (Å²) < 4.78 is 5.25. The van der Waals surface area contributed by atoms with Gasteiger partial charge in [-0.05, 0) is 24.0 Å².